The van der Waals surface area contributed by atoms with Gasteiger partial charge in [-0.2, -0.15) is 0 Å². The van der Waals surface area contributed by atoms with Crippen molar-refractivity contribution in [3.8, 4) is 0 Å². The molecular formula is C31H40O3Si. The molecule has 3 nitrogen and oxygen atoms in total. The van der Waals surface area contributed by atoms with Crippen molar-refractivity contribution in [3.05, 3.63) is 96.6 Å². The second kappa shape index (κ2) is 12.3. The lowest BCUT2D eigenvalue weighted by atomic mass is 10.0. The third kappa shape index (κ3) is 6.93. The summed E-state index contributed by atoms with van der Waals surface area (Å²) in [5, 5.41) is 2.61. The Balaban J connectivity index is 1.75. The molecule has 0 N–H and O–H groups in total. The number of esters is 1. The maximum atomic E-state index is 11.5. The summed E-state index contributed by atoms with van der Waals surface area (Å²) in [5.41, 5.74) is 1.26. The van der Waals surface area contributed by atoms with E-state index in [9.17, 15) is 4.79 Å². The first kappa shape index (κ1) is 26.9. The van der Waals surface area contributed by atoms with Crippen LogP contribution in [0.25, 0.3) is 0 Å². The summed E-state index contributed by atoms with van der Waals surface area (Å²) in [7, 11) is -2.50. The number of allylic oxidation sites excluding steroid dienone is 3. The Morgan fingerprint density at radius 2 is 1.69 bits per heavy atom. The van der Waals surface area contributed by atoms with Crippen LogP contribution in [0.5, 0.6) is 0 Å². The Bertz CT molecular complexity index is 992. The van der Waals surface area contributed by atoms with Gasteiger partial charge in [0.15, 0.2) is 0 Å². The van der Waals surface area contributed by atoms with Crippen LogP contribution in [0.1, 0.15) is 53.9 Å². The molecule has 0 saturated carbocycles. The van der Waals surface area contributed by atoms with Crippen LogP contribution < -0.4 is 10.4 Å². The molecule has 1 aliphatic heterocycles. The first-order valence-corrected chi connectivity index (χ1v) is 14.7. The fraction of sp³-hybridized carbons (Fsp3) is 0.387. The normalized spacial score (nSPS) is 18.0. The molecule has 0 aromatic heterocycles. The minimum Gasteiger partial charge on any atom is -0.455 e. The van der Waals surface area contributed by atoms with Crippen LogP contribution in [0.2, 0.25) is 5.04 Å². The number of rotatable bonds is 10. The zero-order valence-electron chi connectivity index (χ0n) is 21.9. The summed E-state index contributed by atoms with van der Waals surface area (Å²) in [4.78, 5) is 11.5. The molecule has 35 heavy (non-hydrogen) atoms. The van der Waals surface area contributed by atoms with Crippen LogP contribution in [0.3, 0.4) is 0 Å². The fourth-order valence-electron chi connectivity index (χ4n) is 4.78. The van der Waals surface area contributed by atoms with Crippen molar-refractivity contribution in [3.63, 3.8) is 0 Å². The van der Waals surface area contributed by atoms with Gasteiger partial charge >= 0.3 is 5.97 Å². The predicted octanol–water partition coefficient (Wildman–Crippen LogP) is 6.35. The van der Waals surface area contributed by atoms with E-state index in [1.54, 1.807) is 0 Å². The molecule has 2 aromatic rings. The van der Waals surface area contributed by atoms with Crippen LogP contribution in [-0.4, -0.2) is 27.0 Å². The molecule has 1 heterocycles. The zero-order chi connectivity index (χ0) is 25.3. The van der Waals surface area contributed by atoms with E-state index < -0.39 is 8.32 Å². The first-order valence-electron chi connectivity index (χ1n) is 12.8. The van der Waals surface area contributed by atoms with Gasteiger partial charge in [0, 0.05) is 19.1 Å². The molecule has 0 unspecified atom stereocenters. The van der Waals surface area contributed by atoms with Gasteiger partial charge in [-0.15, -0.1) is 0 Å². The van der Waals surface area contributed by atoms with E-state index in [0.717, 1.165) is 19.3 Å². The lowest BCUT2D eigenvalue weighted by molar-refractivity contribution is -0.141. The van der Waals surface area contributed by atoms with E-state index in [0.29, 0.717) is 12.5 Å². The van der Waals surface area contributed by atoms with Gasteiger partial charge in [-0.1, -0.05) is 119 Å². The highest BCUT2D eigenvalue weighted by atomic mass is 28.4. The highest BCUT2D eigenvalue weighted by Crippen LogP contribution is 2.37. The first-order chi connectivity index (χ1) is 16.8. The van der Waals surface area contributed by atoms with Crippen molar-refractivity contribution in [1.82, 2.24) is 0 Å². The molecule has 2 aromatic carbocycles. The Morgan fingerprint density at radius 3 is 2.20 bits per heavy atom. The maximum Gasteiger partial charge on any atom is 0.331 e. The van der Waals surface area contributed by atoms with Gasteiger partial charge in [0.2, 0.25) is 0 Å². The summed E-state index contributed by atoms with van der Waals surface area (Å²) in [5.74, 6) is 0.114. The van der Waals surface area contributed by atoms with Gasteiger partial charge in [-0.3, -0.25) is 0 Å². The van der Waals surface area contributed by atoms with Crippen LogP contribution in [0.15, 0.2) is 96.6 Å². The van der Waals surface area contributed by atoms with Crippen molar-refractivity contribution < 1.29 is 14.0 Å². The van der Waals surface area contributed by atoms with E-state index >= 15 is 0 Å². The number of carbonyl (C=O) groups is 1. The molecule has 1 aliphatic rings. The quantitative estimate of drug-likeness (QED) is 0.222. The summed E-state index contributed by atoms with van der Waals surface area (Å²) in [6, 6.07) is 21.6. The van der Waals surface area contributed by atoms with E-state index in [1.807, 2.05) is 12.2 Å². The smallest absolute Gasteiger partial charge is 0.331 e. The summed E-state index contributed by atoms with van der Waals surface area (Å²) >= 11 is 0. The summed E-state index contributed by atoms with van der Waals surface area (Å²) < 4.78 is 12.4. The number of carbonyl (C=O) groups excluding carboxylic acids is 1. The molecule has 186 valence electrons. The van der Waals surface area contributed by atoms with Gasteiger partial charge < -0.3 is 9.16 Å². The van der Waals surface area contributed by atoms with Crippen molar-refractivity contribution in [2.75, 3.05) is 6.61 Å². The Morgan fingerprint density at radius 1 is 1.09 bits per heavy atom. The Labute approximate surface area is 212 Å². The third-order valence-corrected chi connectivity index (χ3v) is 11.7. The van der Waals surface area contributed by atoms with E-state index in [2.05, 4.69) is 107 Å². The maximum absolute atomic E-state index is 11.5. The largest absolute Gasteiger partial charge is 0.455 e. The van der Waals surface area contributed by atoms with Gasteiger partial charge in [-0.25, -0.2) is 4.79 Å². The van der Waals surface area contributed by atoms with Gasteiger partial charge in [-0.05, 0) is 40.2 Å². The summed E-state index contributed by atoms with van der Waals surface area (Å²) in [6.07, 6.45) is 12.3. The minimum atomic E-state index is -2.50. The van der Waals surface area contributed by atoms with Crippen molar-refractivity contribution in [2.45, 2.75) is 65.0 Å². The lowest BCUT2D eigenvalue weighted by Crippen LogP contribution is -2.66. The van der Waals surface area contributed by atoms with Crippen molar-refractivity contribution in [2.24, 2.45) is 5.92 Å². The highest BCUT2D eigenvalue weighted by Gasteiger charge is 2.49. The molecule has 0 bridgehead atoms. The molecule has 0 fully saturated rings. The SMILES string of the molecule is CCC(=C/[C@H](C)CCO[Si](c1ccccc1)(c1ccccc1)C(C)(C)C)/C=C/[C@H]1CC=CC(=O)O1. The highest BCUT2D eigenvalue weighted by molar-refractivity contribution is 6.99. The predicted molar refractivity (Wildman–Crippen MR) is 149 cm³/mol. The molecule has 2 atom stereocenters. The van der Waals surface area contributed by atoms with Crippen LogP contribution in [0.4, 0.5) is 0 Å². The van der Waals surface area contributed by atoms with E-state index in [1.165, 1.54) is 22.0 Å². The second-order valence-electron chi connectivity index (χ2n) is 10.3. The molecule has 4 heteroatoms. The number of hydrogen-bond acceptors (Lipinski definition) is 3. The van der Waals surface area contributed by atoms with Crippen molar-refractivity contribution >= 4 is 24.7 Å². The second-order valence-corrected chi connectivity index (χ2v) is 14.7. The number of ether oxygens (including phenoxy) is 1. The Kier molecular flexibility index (Phi) is 9.47. The van der Waals surface area contributed by atoms with Gasteiger partial charge in [0.25, 0.3) is 8.32 Å². The molecule has 0 radical (unpaired) electrons. The molecule has 0 saturated heterocycles. The average molecular weight is 489 g/mol. The molecule has 0 aliphatic carbocycles. The Hall–Kier alpha value is -2.69. The lowest BCUT2D eigenvalue weighted by Gasteiger charge is -2.43. The monoisotopic (exact) mass is 488 g/mol. The molecule has 0 spiro atoms. The average Bonchev–Trinajstić information content (AvgIpc) is 2.85. The number of cyclic esters (lactones) is 1. The number of benzene rings is 2. The number of hydrogen-bond donors (Lipinski definition) is 0. The topological polar surface area (TPSA) is 35.5 Å². The molecule has 0 amide bonds. The van der Waals surface area contributed by atoms with Gasteiger partial charge in [0.1, 0.15) is 6.10 Å². The van der Waals surface area contributed by atoms with Gasteiger partial charge in [0.05, 0.1) is 0 Å². The fourth-order valence-corrected chi connectivity index (χ4v) is 9.36. The van der Waals surface area contributed by atoms with Crippen LogP contribution in [0, 0.1) is 5.92 Å². The summed E-state index contributed by atoms with van der Waals surface area (Å²) in [6.45, 7) is 12.1. The van der Waals surface area contributed by atoms with Crippen LogP contribution in [-0.2, 0) is 14.0 Å². The molecule has 3 rings (SSSR count). The van der Waals surface area contributed by atoms with Crippen LogP contribution >= 0.6 is 0 Å². The minimum absolute atomic E-state index is 0.0159. The third-order valence-electron chi connectivity index (χ3n) is 6.63. The van der Waals surface area contributed by atoms with Crippen molar-refractivity contribution in [1.29, 1.82) is 0 Å². The van der Waals surface area contributed by atoms with E-state index in [-0.39, 0.29) is 17.1 Å². The molecular weight excluding hydrogens is 448 g/mol. The van der Waals surface area contributed by atoms with E-state index in [4.69, 9.17) is 9.16 Å². The standard InChI is InChI=1S/C31H40O3Si/c1-6-26(20-21-27-14-13-19-30(32)34-27)24-25(2)22-23-33-35(31(3,4)5,28-15-9-7-10-16-28)29-17-11-8-12-18-29/h7-13,15-21,24-25,27H,6,14,22-23H2,1-5H3/b21-20+,26-24-/t25-,27-/m1/s1. The zero-order valence-corrected chi connectivity index (χ0v) is 22.9.